The fourth-order valence-corrected chi connectivity index (χ4v) is 6.21. The molecule has 1 aliphatic carbocycles. The van der Waals surface area contributed by atoms with E-state index in [1.807, 2.05) is 30.6 Å². The summed E-state index contributed by atoms with van der Waals surface area (Å²) in [7, 11) is 0. The second kappa shape index (κ2) is 10.8. The van der Waals surface area contributed by atoms with Crippen LogP contribution in [0, 0.1) is 0 Å². The Labute approximate surface area is 229 Å². The summed E-state index contributed by atoms with van der Waals surface area (Å²) in [4.78, 5) is 12.6. The number of hydrogen-bond acceptors (Lipinski definition) is 4. The van der Waals surface area contributed by atoms with E-state index in [1.165, 1.54) is 53.5 Å². The fraction of sp³-hybridized carbons (Fsp3) is 0.294. The molecular formula is C34H34N4O. The smallest absolute Gasteiger partial charge is 0.137 e. The van der Waals surface area contributed by atoms with E-state index in [9.17, 15) is 0 Å². The Kier molecular flexibility index (Phi) is 6.69. The molecule has 0 bridgehead atoms. The number of nitrogens with zero attached hydrogens (tertiary/aromatic N) is 2. The van der Waals surface area contributed by atoms with E-state index in [2.05, 4.69) is 70.0 Å². The van der Waals surface area contributed by atoms with Crippen LogP contribution in [0.5, 0.6) is 0 Å². The van der Waals surface area contributed by atoms with Gasteiger partial charge in [0, 0.05) is 59.4 Å². The normalized spacial score (nSPS) is 19.5. The van der Waals surface area contributed by atoms with Crippen LogP contribution in [-0.4, -0.2) is 40.2 Å². The maximum absolute atomic E-state index is 5.69. The highest BCUT2D eigenvalue weighted by molar-refractivity contribution is 5.96. The summed E-state index contributed by atoms with van der Waals surface area (Å²) in [6, 6.07) is 25.0. The summed E-state index contributed by atoms with van der Waals surface area (Å²) in [5.74, 6) is 0. The van der Waals surface area contributed by atoms with Gasteiger partial charge in [0.05, 0.1) is 12.3 Å². The molecule has 1 saturated heterocycles. The molecule has 7 rings (SSSR count). The molecule has 0 unspecified atom stereocenters. The number of pyridine rings is 2. The number of fused-ring (bicyclic) bond motifs is 2. The standard InChI is InChI=1S/C34H34N4O/c1-2-16-35-33(5-1)25-9-7-24(8-10-25)32-21-37-34-31(32)19-28(20-36-34)27-11-6-23-12-14-29(15-13-26(23)18-27)38-30-4-3-17-39-22-30/h1-2,5-11,16,18-21,29-30,38H,3-4,12-15,17,22H2,(H,36,37)/t29-,30-/m0/s1. The summed E-state index contributed by atoms with van der Waals surface area (Å²) >= 11 is 0. The van der Waals surface area contributed by atoms with Crippen molar-refractivity contribution < 1.29 is 4.74 Å². The van der Waals surface area contributed by atoms with Gasteiger partial charge < -0.3 is 15.0 Å². The van der Waals surface area contributed by atoms with Gasteiger partial charge >= 0.3 is 0 Å². The van der Waals surface area contributed by atoms with Crippen molar-refractivity contribution in [3.63, 3.8) is 0 Å². The monoisotopic (exact) mass is 514 g/mol. The van der Waals surface area contributed by atoms with Crippen LogP contribution in [0.2, 0.25) is 0 Å². The Hall–Kier alpha value is -3.80. The lowest BCUT2D eigenvalue weighted by Gasteiger charge is -2.28. The van der Waals surface area contributed by atoms with Crippen LogP contribution in [0.25, 0.3) is 44.5 Å². The summed E-state index contributed by atoms with van der Waals surface area (Å²) in [6.07, 6.45) is 12.9. The largest absolute Gasteiger partial charge is 0.380 e. The number of ether oxygens (including phenoxy) is 1. The lowest BCUT2D eigenvalue weighted by Crippen LogP contribution is -2.43. The van der Waals surface area contributed by atoms with Gasteiger partial charge in [0.2, 0.25) is 0 Å². The maximum atomic E-state index is 5.69. The molecule has 0 amide bonds. The van der Waals surface area contributed by atoms with Crippen LogP contribution in [0.1, 0.15) is 36.8 Å². The second-order valence-electron chi connectivity index (χ2n) is 11.0. The number of aromatic nitrogens is 3. The molecule has 2 aliphatic rings. The van der Waals surface area contributed by atoms with Crippen molar-refractivity contribution in [2.45, 2.75) is 50.6 Å². The molecular weight excluding hydrogens is 480 g/mol. The number of rotatable bonds is 5. The van der Waals surface area contributed by atoms with Gasteiger partial charge in [0.1, 0.15) is 5.65 Å². The zero-order valence-corrected chi connectivity index (χ0v) is 22.2. The molecule has 196 valence electrons. The van der Waals surface area contributed by atoms with E-state index in [0.717, 1.165) is 53.9 Å². The quantitative estimate of drug-likeness (QED) is 0.249. The number of benzene rings is 2. The van der Waals surface area contributed by atoms with Gasteiger partial charge in [-0.3, -0.25) is 4.98 Å². The first-order valence-electron chi connectivity index (χ1n) is 14.2. The van der Waals surface area contributed by atoms with E-state index in [-0.39, 0.29) is 0 Å². The summed E-state index contributed by atoms with van der Waals surface area (Å²) in [5.41, 5.74) is 10.7. The highest BCUT2D eigenvalue weighted by Gasteiger charge is 2.21. The van der Waals surface area contributed by atoms with Gasteiger partial charge in [-0.05, 0) is 79.0 Å². The Morgan fingerprint density at radius 2 is 1.62 bits per heavy atom. The van der Waals surface area contributed by atoms with Crippen LogP contribution in [0.15, 0.2) is 85.3 Å². The van der Waals surface area contributed by atoms with Gasteiger partial charge in [-0.2, -0.15) is 0 Å². The first-order chi connectivity index (χ1) is 19.3. The predicted octanol–water partition coefficient (Wildman–Crippen LogP) is 6.97. The van der Waals surface area contributed by atoms with E-state index in [1.54, 1.807) is 0 Å². The van der Waals surface area contributed by atoms with Gasteiger partial charge in [0.15, 0.2) is 0 Å². The average molecular weight is 515 g/mol. The Bertz CT molecular complexity index is 1570. The molecule has 4 heterocycles. The maximum Gasteiger partial charge on any atom is 0.137 e. The highest BCUT2D eigenvalue weighted by atomic mass is 16.5. The minimum atomic E-state index is 0.514. The Balaban J connectivity index is 1.12. The molecule has 2 atom stereocenters. The van der Waals surface area contributed by atoms with Crippen molar-refractivity contribution in [3.05, 3.63) is 96.4 Å². The van der Waals surface area contributed by atoms with Gasteiger partial charge in [0.25, 0.3) is 0 Å². The first-order valence-corrected chi connectivity index (χ1v) is 14.2. The number of aryl methyl sites for hydroxylation is 2. The third kappa shape index (κ3) is 5.12. The molecule has 39 heavy (non-hydrogen) atoms. The zero-order chi connectivity index (χ0) is 26.0. The van der Waals surface area contributed by atoms with Crippen molar-refractivity contribution in [2.75, 3.05) is 13.2 Å². The molecule has 5 aromatic rings. The SMILES string of the molecule is c1ccc(-c2ccc(-c3c[nH]c4ncc(-c5ccc6c(c5)CC[C@@H](N[C@H]5CCCOC5)CC6)cc34)cc2)nc1. The molecule has 2 N–H and O–H groups in total. The number of nitrogens with one attached hydrogen (secondary N) is 2. The zero-order valence-electron chi connectivity index (χ0n) is 22.2. The highest BCUT2D eigenvalue weighted by Crippen LogP contribution is 2.33. The van der Waals surface area contributed by atoms with Crippen LogP contribution in [-0.2, 0) is 17.6 Å². The molecule has 1 fully saturated rings. The van der Waals surface area contributed by atoms with Crippen LogP contribution >= 0.6 is 0 Å². The number of aromatic amines is 1. The van der Waals surface area contributed by atoms with Crippen molar-refractivity contribution in [1.82, 2.24) is 20.3 Å². The molecule has 0 radical (unpaired) electrons. The van der Waals surface area contributed by atoms with Crippen molar-refractivity contribution in [3.8, 4) is 33.5 Å². The van der Waals surface area contributed by atoms with Crippen LogP contribution < -0.4 is 5.32 Å². The molecule has 0 spiro atoms. The third-order valence-corrected chi connectivity index (χ3v) is 8.38. The lowest BCUT2D eigenvalue weighted by atomic mass is 9.96. The first kappa shape index (κ1) is 24.3. The van der Waals surface area contributed by atoms with Crippen LogP contribution in [0.4, 0.5) is 0 Å². The van der Waals surface area contributed by atoms with E-state index in [0.29, 0.717) is 12.1 Å². The van der Waals surface area contributed by atoms with Gasteiger partial charge in [-0.25, -0.2) is 4.98 Å². The topological polar surface area (TPSA) is 62.8 Å². The number of hydrogen-bond donors (Lipinski definition) is 2. The molecule has 3 aromatic heterocycles. The van der Waals surface area contributed by atoms with Crippen molar-refractivity contribution >= 4 is 11.0 Å². The number of H-pyrrole nitrogens is 1. The molecule has 5 heteroatoms. The third-order valence-electron chi connectivity index (χ3n) is 8.38. The van der Waals surface area contributed by atoms with Crippen LogP contribution in [0.3, 0.4) is 0 Å². The fourth-order valence-electron chi connectivity index (χ4n) is 6.21. The Morgan fingerprint density at radius 3 is 2.44 bits per heavy atom. The van der Waals surface area contributed by atoms with Gasteiger partial charge in [-0.1, -0.05) is 48.5 Å². The van der Waals surface area contributed by atoms with E-state index >= 15 is 0 Å². The summed E-state index contributed by atoms with van der Waals surface area (Å²) in [6.45, 7) is 1.78. The minimum Gasteiger partial charge on any atom is -0.380 e. The molecule has 2 aromatic carbocycles. The van der Waals surface area contributed by atoms with E-state index < -0.39 is 0 Å². The molecule has 1 aliphatic heterocycles. The second-order valence-corrected chi connectivity index (χ2v) is 11.0. The Morgan fingerprint density at radius 1 is 0.769 bits per heavy atom. The van der Waals surface area contributed by atoms with Crippen molar-refractivity contribution in [1.29, 1.82) is 0 Å². The predicted molar refractivity (Wildman–Crippen MR) is 158 cm³/mol. The molecule has 5 nitrogen and oxygen atoms in total. The molecule has 0 saturated carbocycles. The van der Waals surface area contributed by atoms with Crippen molar-refractivity contribution in [2.24, 2.45) is 0 Å². The summed E-state index contributed by atoms with van der Waals surface area (Å²) < 4.78 is 5.69. The van der Waals surface area contributed by atoms with Gasteiger partial charge in [-0.15, -0.1) is 0 Å². The minimum absolute atomic E-state index is 0.514. The van der Waals surface area contributed by atoms with E-state index in [4.69, 9.17) is 9.72 Å². The average Bonchev–Trinajstić information content (AvgIpc) is 3.32. The summed E-state index contributed by atoms with van der Waals surface area (Å²) in [5, 5.41) is 5.03. The lowest BCUT2D eigenvalue weighted by molar-refractivity contribution is 0.0656.